The van der Waals surface area contributed by atoms with Gasteiger partial charge in [0.2, 0.25) is 0 Å². The number of aromatic nitrogens is 3. The van der Waals surface area contributed by atoms with Crippen LogP contribution in [0.3, 0.4) is 0 Å². The molecule has 0 saturated carbocycles. The van der Waals surface area contributed by atoms with Crippen molar-refractivity contribution in [2.45, 2.75) is 0 Å². The predicted molar refractivity (Wildman–Crippen MR) is 182 cm³/mol. The molecule has 0 radical (unpaired) electrons. The Hall–Kier alpha value is -7.70. The van der Waals surface area contributed by atoms with Crippen LogP contribution in [0.15, 0.2) is 109 Å². The Morgan fingerprint density at radius 2 is 0.896 bits per heavy atom. The lowest BCUT2D eigenvalue weighted by Crippen LogP contribution is -2.04. The molecular weight excluding hydrogens is 592 g/mol. The Kier molecular flexibility index (Phi) is 6.22. The van der Waals surface area contributed by atoms with Gasteiger partial charge in [0.1, 0.15) is 6.07 Å². The second-order valence-electron chi connectivity index (χ2n) is 11.3. The van der Waals surface area contributed by atoms with E-state index in [0.717, 1.165) is 54.7 Å². The summed E-state index contributed by atoms with van der Waals surface area (Å²) >= 11 is 0. The van der Waals surface area contributed by atoms with E-state index >= 15 is 0 Å². The summed E-state index contributed by atoms with van der Waals surface area (Å²) in [5.74, 6) is 0. The molecule has 8 heteroatoms. The van der Waals surface area contributed by atoms with Gasteiger partial charge in [-0.15, -0.1) is 0 Å². The van der Waals surface area contributed by atoms with E-state index in [9.17, 15) is 26.3 Å². The summed E-state index contributed by atoms with van der Waals surface area (Å²) < 4.78 is 3.93. The van der Waals surface area contributed by atoms with Crippen molar-refractivity contribution < 1.29 is 0 Å². The van der Waals surface area contributed by atoms with E-state index in [1.807, 2.05) is 69.8 Å². The number of benzene rings is 5. The van der Waals surface area contributed by atoms with Crippen LogP contribution in [0.5, 0.6) is 0 Å². The average Bonchev–Trinajstić information content (AvgIpc) is 3.65. The van der Waals surface area contributed by atoms with Gasteiger partial charge in [0.15, 0.2) is 0 Å². The highest BCUT2D eigenvalue weighted by molar-refractivity contribution is 6.12. The van der Waals surface area contributed by atoms with Gasteiger partial charge in [-0.2, -0.15) is 26.3 Å². The van der Waals surface area contributed by atoms with Crippen LogP contribution in [0, 0.1) is 56.7 Å². The fourth-order valence-corrected chi connectivity index (χ4v) is 6.62. The Labute approximate surface area is 273 Å². The highest BCUT2D eigenvalue weighted by atomic mass is 15.0. The van der Waals surface area contributed by atoms with Gasteiger partial charge < -0.3 is 9.13 Å². The lowest BCUT2D eigenvalue weighted by Gasteiger charge is -2.18. The normalized spacial score (nSPS) is 10.8. The minimum absolute atomic E-state index is 0.337. The summed E-state index contributed by atoms with van der Waals surface area (Å²) in [6.07, 6.45) is 3.43. The molecular formula is C40H18N8. The monoisotopic (exact) mass is 610 g/mol. The Bertz CT molecular complexity index is 2750. The third-order valence-corrected chi connectivity index (χ3v) is 8.74. The molecule has 0 N–H and O–H groups in total. The van der Waals surface area contributed by atoms with Gasteiger partial charge in [0, 0.05) is 45.1 Å². The maximum Gasteiger partial charge on any atom is 0.101 e. The minimum atomic E-state index is 0.337. The van der Waals surface area contributed by atoms with Crippen molar-refractivity contribution >= 4 is 43.6 Å². The molecule has 3 aromatic heterocycles. The van der Waals surface area contributed by atoms with Crippen molar-refractivity contribution in [1.82, 2.24) is 14.1 Å². The lowest BCUT2D eigenvalue weighted by molar-refractivity contribution is 1.13. The van der Waals surface area contributed by atoms with Gasteiger partial charge in [-0.05, 0) is 66.7 Å². The van der Waals surface area contributed by atoms with Gasteiger partial charge in [-0.3, -0.25) is 4.98 Å². The third kappa shape index (κ3) is 4.08. The molecule has 0 bridgehead atoms. The maximum absolute atomic E-state index is 10.8. The van der Waals surface area contributed by atoms with Gasteiger partial charge in [-0.25, -0.2) is 0 Å². The quantitative estimate of drug-likeness (QED) is 0.197. The average molecular weight is 611 g/mol. The third-order valence-electron chi connectivity index (χ3n) is 8.74. The summed E-state index contributed by atoms with van der Waals surface area (Å²) in [5.41, 5.74) is 7.85. The van der Waals surface area contributed by atoms with Gasteiger partial charge in [0.05, 0.1) is 85.5 Å². The summed E-state index contributed by atoms with van der Waals surface area (Å²) in [6, 6.07) is 40.7. The van der Waals surface area contributed by atoms with E-state index in [0.29, 0.717) is 39.2 Å². The lowest BCUT2D eigenvalue weighted by atomic mass is 10.00. The number of fused-ring (bicyclic) bond motifs is 6. The van der Waals surface area contributed by atoms with Gasteiger partial charge in [-0.1, -0.05) is 30.3 Å². The zero-order valence-electron chi connectivity index (χ0n) is 25.0. The highest BCUT2D eigenvalue weighted by Crippen LogP contribution is 2.41. The molecule has 0 amide bonds. The van der Waals surface area contributed by atoms with Crippen LogP contribution < -0.4 is 0 Å². The molecule has 3 heterocycles. The van der Waals surface area contributed by atoms with Crippen molar-refractivity contribution in [2.24, 2.45) is 0 Å². The van der Waals surface area contributed by atoms with Crippen molar-refractivity contribution in [1.29, 1.82) is 26.3 Å². The minimum Gasteiger partial charge on any atom is -0.308 e. The molecule has 48 heavy (non-hydrogen) atoms. The largest absolute Gasteiger partial charge is 0.308 e. The first-order valence-corrected chi connectivity index (χ1v) is 14.8. The molecule has 218 valence electrons. The van der Waals surface area contributed by atoms with Crippen LogP contribution in [0.2, 0.25) is 0 Å². The maximum atomic E-state index is 10.8. The SMILES string of the molecule is N#Cc1ccc2c3ccc(C#N)cc3n(-c3cc(-c4cccnc4)c(-n4c5cc(C#N)ccc5c5ccc(C#N)cc54)cc3C#N)c2c1. The summed E-state index contributed by atoms with van der Waals surface area (Å²) in [6.45, 7) is 0. The zero-order chi connectivity index (χ0) is 32.9. The van der Waals surface area contributed by atoms with E-state index in [4.69, 9.17) is 0 Å². The molecule has 0 unspecified atom stereocenters. The molecule has 0 spiro atoms. The number of hydrogen-bond acceptors (Lipinski definition) is 6. The molecule has 5 aromatic carbocycles. The van der Waals surface area contributed by atoms with E-state index in [1.165, 1.54) is 0 Å². The van der Waals surface area contributed by atoms with Crippen molar-refractivity contribution in [3.63, 3.8) is 0 Å². The Balaban J connectivity index is 1.56. The second kappa shape index (κ2) is 10.7. The Morgan fingerprint density at radius 3 is 1.27 bits per heavy atom. The molecule has 0 aliphatic heterocycles. The van der Waals surface area contributed by atoms with Crippen molar-refractivity contribution in [3.05, 3.63) is 137 Å². The molecule has 0 aliphatic rings. The molecule has 0 fully saturated rings. The summed E-state index contributed by atoms with van der Waals surface area (Å²) in [4.78, 5) is 4.40. The molecule has 0 aliphatic carbocycles. The molecule has 0 saturated heterocycles. The molecule has 8 aromatic rings. The Morgan fingerprint density at radius 1 is 0.458 bits per heavy atom. The smallest absolute Gasteiger partial charge is 0.101 e. The number of nitriles is 5. The highest BCUT2D eigenvalue weighted by Gasteiger charge is 2.22. The van der Waals surface area contributed by atoms with Crippen LogP contribution in [0.25, 0.3) is 66.1 Å². The second-order valence-corrected chi connectivity index (χ2v) is 11.3. The topological polar surface area (TPSA) is 142 Å². The van der Waals surface area contributed by atoms with Crippen LogP contribution >= 0.6 is 0 Å². The van der Waals surface area contributed by atoms with Crippen LogP contribution in [0.1, 0.15) is 27.8 Å². The first kappa shape index (κ1) is 27.8. The molecule has 0 atom stereocenters. The predicted octanol–water partition coefficient (Wildman–Crippen LogP) is 8.30. The van der Waals surface area contributed by atoms with Crippen LogP contribution in [0.4, 0.5) is 0 Å². The fourth-order valence-electron chi connectivity index (χ4n) is 6.62. The zero-order valence-corrected chi connectivity index (χ0v) is 25.0. The van der Waals surface area contributed by atoms with Gasteiger partial charge in [0.25, 0.3) is 0 Å². The molecule has 8 rings (SSSR count). The van der Waals surface area contributed by atoms with E-state index in [1.54, 1.807) is 48.8 Å². The molecule has 8 nitrogen and oxygen atoms in total. The van der Waals surface area contributed by atoms with Crippen LogP contribution in [-0.2, 0) is 0 Å². The summed E-state index contributed by atoms with van der Waals surface area (Å²) in [5, 5.41) is 53.5. The number of rotatable bonds is 3. The number of pyridine rings is 1. The fraction of sp³-hybridized carbons (Fsp3) is 0. The summed E-state index contributed by atoms with van der Waals surface area (Å²) in [7, 11) is 0. The first-order valence-electron chi connectivity index (χ1n) is 14.8. The van der Waals surface area contributed by atoms with E-state index in [2.05, 4.69) is 35.3 Å². The number of nitrogens with zero attached hydrogens (tertiary/aromatic N) is 8. The van der Waals surface area contributed by atoms with Crippen molar-refractivity contribution in [2.75, 3.05) is 0 Å². The van der Waals surface area contributed by atoms with Crippen LogP contribution in [-0.4, -0.2) is 14.1 Å². The number of hydrogen-bond donors (Lipinski definition) is 0. The van der Waals surface area contributed by atoms with Crippen molar-refractivity contribution in [3.8, 4) is 52.8 Å². The first-order chi connectivity index (χ1) is 23.6. The van der Waals surface area contributed by atoms with Gasteiger partial charge >= 0.3 is 0 Å². The van der Waals surface area contributed by atoms with E-state index in [-0.39, 0.29) is 0 Å². The van der Waals surface area contributed by atoms with E-state index < -0.39 is 0 Å². The standard InChI is InChI=1S/C40H18N8/c41-18-24-3-7-30-31-8-4-25(19-42)13-37(31)47(36(30)12-24)35-17-34(28-2-1-11-46-23-28)40(16-29(35)22-45)48-38-14-26(20-43)5-9-32(38)33-10-6-27(21-44)15-39(33)48/h1-17,23H.